The maximum atomic E-state index is 14.5. The van der Waals surface area contributed by atoms with Crippen molar-refractivity contribution >= 4 is 61.6 Å². The van der Waals surface area contributed by atoms with Gasteiger partial charge in [-0.1, -0.05) is 53.2 Å². The van der Waals surface area contributed by atoms with Crippen molar-refractivity contribution in [1.82, 2.24) is 39.4 Å². The van der Waals surface area contributed by atoms with Crippen molar-refractivity contribution in [2.24, 2.45) is 18.0 Å². The fourth-order valence-corrected chi connectivity index (χ4v) is 13.2. The topological polar surface area (TPSA) is 196 Å². The van der Waals surface area contributed by atoms with E-state index in [9.17, 15) is 23.1 Å². The number of thiophene rings is 1. The molecule has 0 spiro atoms. The second-order valence-electron chi connectivity index (χ2n) is 18.9. The molecule has 4 atom stereocenters. The van der Waals surface area contributed by atoms with Crippen LogP contribution < -0.4 is 14.8 Å². The number of fused-ring (bicyclic) bond motifs is 5. The number of sulfonamides is 1. The normalized spacial score (nSPS) is 20.2. The maximum Gasteiger partial charge on any atom is 0.307 e. The number of rotatable bonds is 14. The fourth-order valence-electron chi connectivity index (χ4n) is 10.2. The van der Waals surface area contributed by atoms with Crippen LogP contribution in [0.4, 0.5) is 0 Å². The number of amides is 1. The van der Waals surface area contributed by atoms with E-state index in [2.05, 4.69) is 39.7 Å². The number of carboxylic acid groups (broad SMARTS) is 1. The van der Waals surface area contributed by atoms with E-state index in [-0.39, 0.29) is 30.3 Å². The van der Waals surface area contributed by atoms with Crippen LogP contribution in [0, 0.1) is 33.6 Å². The number of nitrogens with zero attached hydrogens (tertiary/aromatic N) is 8. The van der Waals surface area contributed by atoms with Gasteiger partial charge in [0.05, 0.1) is 31.7 Å². The van der Waals surface area contributed by atoms with Gasteiger partial charge in [0.2, 0.25) is 15.9 Å². The largest absolute Gasteiger partial charge is 0.494 e. The first kappa shape index (κ1) is 48.2. The van der Waals surface area contributed by atoms with Crippen molar-refractivity contribution in [3.63, 3.8) is 0 Å². The number of nitrogens with one attached hydrogen (secondary N) is 1. The van der Waals surface area contributed by atoms with E-state index in [1.807, 2.05) is 92.1 Å². The summed E-state index contributed by atoms with van der Waals surface area (Å²) < 4.78 is 46.1. The van der Waals surface area contributed by atoms with Crippen LogP contribution in [-0.4, -0.2) is 91.5 Å². The van der Waals surface area contributed by atoms with Gasteiger partial charge < -0.3 is 19.9 Å². The van der Waals surface area contributed by atoms with Gasteiger partial charge in [-0.2, -0.15) is 4.31 Å². The zero-order valence-corrected chi connectivity index (χ0v) is 42.9. The molecule has 71 heavy (non-hydrogen) atoms. The summed E-state index contributed by atoms with van der Waals surface area (Å²) in [7, 11) is -0.690. The predicted octanol–water partition coefficient (Wildman–Crippen LogP) is 8.29. The Morgan fingerprint density at radius 2 is 1.77 bits per heavy atom. The molecule has 16 nitrogen and oxygen atoms in total. The minimum Gasteiger partial charge on any atom is -0.494 e. The van der Waals surface area contributed by atoms with Crippen molar-refractivity contribution in [2.45, 2.75) is 95.7 Å². The van der Waals surface area contributed by atoms with Gasteiger partial charge in [0.15, 0.2) is 5.82 Å². The first-order valence-electron chi connectivity index (χ1n) is 23.6. The van der Waals surface area contributed by atoms with Gasteiger partial charge in [0, 0.05) is 46.6 Å². The van der Waals surface area contributed by atoms with Gasteiger partial charge in [0.1, 0.15) is 50.4 Å². The van der Waals surface area contributed by atoms with Crippen LogP contribution in [0.5, 0.6) is 11.5 Å². The van der Waals surface area contributed by atoms with E-state index in [1.165, 1.54) is 9.18 Å². The molecule has 7 aromatic rings. The third-order valence-electron chi connectivity index (χ3n) is 14.2. The van der Waals surface area contributed by atoms with Crippen LogP contribution in [0.15, 0.2) is 82.7 Å². The van der Waals surface area contributed by atoms with Crippen molar-refractivity contribution in [2.75, 3.05) is 20.2 Å². The Morgan fingerprint density at radius 1 is 0.986 bits per heavy atom. The number of aromatic nitrogens is 6. The first-order valence-corrected chi connectivity index (χ1v) is 26.3. The summed E-state index contributed by atoms with van der Waals surface area (Å²) in [6.07, 6.45) is 2.06. The van der Waals surface area contributed by atoms with Crippen LogP contribution in [0.1, 0.15) is 99.7 Å². The monoisotopic (exact) mass is 1020 g/mol. The molecule has 1 amide bonds. The van der Waals surface area contributed by atoms with Crippen LogP contribution in [0.25, 0.3) is 16.0 Å². The summed E-state index contributed by atoms with van der Waals surface area (Å²) in [5.74, 6) is 0.412. The van der Waals surface area contributed by atoms with Crippen LogP contribution in [0.2, 0.25) is 5.02 Å². The quantitative estimate of drug-likeness (QED) is 0.0995. The van der Waals surface area contributed by atoms with Crippen molar-refractivity contribution < 1.29 is 32.6 Å². The molecule has 19 heteroatoms. The summed E-state index contributed by atoms with van der Waals surface area (Å²) in [6.45, 7) is 10.5. The number of aliphatic carboxylic acids is 1. The van der Waals surface area contributed by atoms with Crippen molar-refractivity contribution in [3.8, 4) is 16.5 Å². The van der Waals surface area contributed by atoms with E-state index < -0.39 is 39.5 Å². The lowest BCUT2D eigenvalue weighted by Gasteiger charge is -2.24. The molecule has 3 aromatic heterocycles. The molecule has 0 radical (unpaired) electrons. The van der Waals surface area contributed by atoms with E-state index in [1.54, 1.807) is 36.2 Å². The molecule has 3 aliphatic rings. The lowest BCUT2D eigenvalue weighted by molar-refractivity contribution is -0.138. The van der Waals surface area contributed by atoms with Gasteiger partial charge in [-0.05, 0) is 130 Å². The number of benzene rings is 4. The van der Waals surface area contributed by atoms with E-state index in [4.69, 9.17) is 26.1 Å². The first-order chi connectivity index (χ1) is 34.0. The number of halogens is 1. The molecule has 1 unspecified atom stereocenters. The molecule has 0 saturated heterocycles. The molecule has 2 aliphatic heterocycles. The SMILES string of the molecule is COc1cc([C@]2(c3ccc(C)c(CN4C[C@@H](C)Oc5cc(CCCCNC(=O)C[C@@H]6N=C(c7ccc(Cl)cc7)c7c(sc(C)c7C)-n7c(C)nnc76)ccc5S4(=O)=O)c3)CC2C(=O)O)cc2nnn(C)c12. The van der Waals surface area contributed by atoms with E-state index in [0.717, 1.165) is 67.5 Å². The number of aryl methyl sites for hydroxylation is 5. The molecular formula is C52H54ClN9O7S2. The third-order valence-corrected chi connectivity index (χ3v) is 17.5. The Hall–Kier alpha value is -6.47. The van der Waals surface area contributed by atoms with Crippen molar-refractivity contribution in [3.05, 3.63) is 139 Å². The Kier molecular flexibility index (Phi) is 12.6. The van der Waals surface area contributed by atoms with E-state index >= 15 is 0 Å². The molecule has 10 rings (SSSR count). The van der Waals surface area contributed by atoms with E-state index in [0.29, 0.717) is 59.2 Å². The number of hydrogen-bond acceptors (Lipinski definition) is 12. The lowest BCUT2D eigenvalue weighted by Crippen LogP contribution is -2.35. The van der Waals surface area contributed by atoms with Gasteiger partial charge in [-0.15, -0.1) is 26.6 Å². The molecule has 5 heterocycles. The number of methoxy groups -OCH3 is 1. The Morgan fingerprint density at radius 3 is 2.52 bits per heavy atom. The zero-order chi connectivity index (χ0) is 50.1. The highest BCUT2D eigenvalue weighted by molar-refractivity contribution is 7.89. The smallest absolute Gasteiger partial charge is 0.307 e. The Labute approximate surface area is 420 Å². The number of carbonyl (C=O) groups excluding carboxylic acids is 1. The second-order valence-corrected chi connectivity index (χ2v) is 22.4. The Bertz CT molecular complexity index is 3420. The lowest BCUT2D eigenvalue weighted by atomic mass is 9.83. The summed E-state index contributed by atoms with van der Waals surface area (Å²) in [6, 6.07) is 21.8. The van der Waals surface area contributed by atoms with Crippen LogP contribution >= 0.6 is 22.9 Å². The highest BCUT2D eigenvalue weighted by Crippen LogP contribution is 2.60. The van der Waals surface area contributed by atoms with Crippen LogP contribution in [-0.2, 0) is 45.0 Å². The molecule has 2 N–H and O–H groups in total. The van der Waals surface area contributed by atoms with Crippen molar-refractivity contribution in [1.29, 1.82) is 0 Å². The van der Waals surface area contributed by atoms with Crippen LogP contribution in [0.3, 0.4) is 0 Å². The van der Waals surface area contributed by atoms with Gasteiger partial charge in [-0.3, -0.25) is 19.1 Å². The number of aliphatic imine (C=N–C) groups is 1. The zero-order valence-electron chi connectivity index (χ0n) is 40.5. The maximum absolute atomic E-state index is 14.5. The molecule has 368 valence electrons. The highest BCUT2D eigenvalue weighted by atomic mass is 35.5. The van der Waals surface area contributed by atoms with Gasteiger partial charge in [-0.25, -0.2) is 13.1 Å². The summed E-state index contributed by atoms with van der Waals surface area (Å²) in [5.41, 5.74) is 8.31. The fraction of sp³-hybridized carbons (Fsp3) is 0.365. The third kappa shape index (κ3) is 8.67. The minimum atomic E-state index is -4.02. The summed E-state index contributed by atoms with van der Waals surface area (Å²) in [5, 5.41) is 32.4. The van der Waals surface area contributed by atoms with Gasteiger partial charge >= 0.3 is 5.97 Å². The molecular weight excluding hydrogens is 962 g/mol. The Balaban J connectivity index is 0.809. The average Bonchev–Trinajstić information content (AvgIpc) is 3.78. The molecule has 4 aromatic carbocycles. The standard InChI is InChI=1S/C52H54ClN9O7S2/c1-28-11-15-36(52(25-39(52)51(64)65)37-22-40-48(43(23-37)68-7)60(6)59-57-40)21-35(28)27-61-26-29(2)69-42-20-33(12-18-44(42)71(61,66)67)10-8-9-19-54-45(63)24-41-49-58-56-32(5)62(49)50-46(30(3)31(4)70-50)47(55-41)34-13-16-38(53)17-14-34/h11-18,20-23,29,39,41H,8-10,19,24-27H2,1-7H3,(H,54,63)(H,64,65)/t29-,39?,41+,52-/m1/s1. The predicted molar refractivity (Wildman–Crippen MR) is 271 cm³/mol. The summed E-state index contributed by atoms with van der Waals surface area (Å²) in [4.78, 5) is 32.7. The minimum absolute atomic E-state index is 0.0636. The number of hydrogen-bond donors (Lipinski definition) is 2. The number of ether oxygens (including phenoxy) is 2. The average molecular weight is 1020 g/mol. The molecule has 1 aliphatic carbocycles. The number of carbonyl (C=O) groups is 2. The number of carboxylic acids is 1. The number of unbranched alkanes of at least 4 members (excludes halogenated alkanes) is 1. The second kappa shape index (κ2) is 18.6. The van der Waals surface area contributed by atoms with Gasteiger partial charge in [0.25, 0.3) is 0 Å². The molecule has 0 bridgehead atoms. The highest BCUT2D eigenvalue weighted by Gasteiger charge is 2.61. The molecule has 1 fully saturated rings. The summed E-state index contributed by atoms with van der Waals surface area (Å²) >= 11 is 7.93. The molecule has 1 saturated carbocycles.